The second-order valence-electron chi connectivity index (χ2n) is 3.51. The van der Waals surface area contributed by atoms with E-state index in [4.69, 9.17) is 4.74 Å². The summed E-state index contributed by atoms with van der Waals surface area (Å²) in [5.41, 5.74) is 1.84. The number of aromatic nitrogens is 3. The van der Waals surface area contributed by atoms with Crippen molar-refractivity contribution in [2.75, 3.05) is 0 Å². The average molecular weight is 191 g/mol. The molecule has 0 aliphatic heterocycles. The lowest BCUT2D eigenvalue weighted by molar-refractivity contribution is 0.235. The molecule has 0 spiro atoms. The number of nitrogens with one attached hydrogen (secondary N) is 1. The third-order valence-corrected chi connectivity index (χ3v) is 1.99. The maximum Gasteiger partial charge on any atom is 0.240 e. The summed E-state index contributed by atoms with van der Waals surface area (Å²) in [6.07, 6.45) is 1.86. The van der Waals surface area contributed by atoms with Crippen molar-refractivity contribution in [1.29, 1.82) is 0 Å². The van der Waals surface area contributed by atoms with Gasteiger partial charge in [-0.1, -0.05) is 0 Å². The highest BCUT2D eigenvalue weighted by molar-refractivity contribution is 5.84. The van der Waals surface area contributed by atoms with Crippen LogP contribution in [0.3, 0.4) is 0 Å². The van der Waals surface area contributed by atoms with Gasteiger partial charge in [-0.2, -0.15) is 5.10 Å². The number of nitrogens with zero attached hydrogens (tertiary/aromatic N) is 2. The summed E-state index contributed by atoms with van der Waals surface area (Å²) in [6.45, 7) is 5.91. The lowest BCUT2D eigenvalue weighted by atomic mass is 10.2. The zero-order chi connectivity index (χ0) is 10.1. The smallest absolute Gasteiger partial charge is 0.240 e. The first-order valence-corrected chi connectivity index (χ1v) is 4.65. The van der Waals surface area contributed by atoms with Gasteiger partial charge < -0.3 is 4.74 Å². The van der Waals surface area contributed by atoms with Gasteiger partial charge in [0.25, 0.3) is 0 Å². The zero-order valence-corrected chi connectivity index (χ0v) is 8.53. The summed E-state index contributed by atoms with van der Waals surface area (Å²) in [7, 11) is 0. The molecule has 0 bridgehead atoms. The first kappa shape index (κ1) is 8.99. The minimum Gasteiger partial charge on any atom is -0.473 e. The van der Waals surface area contributed by atoms with Crippen LogP contribution in [0.2, 0.25) is 0 Å². The fraction of sp³-hybridized carbons (Fsp3) is 0.400. The van der Waals surface area contributed by atoms with Gasteiger partial charge in [-0.15, -0.1) is 0 Å². The Morgan fingerprint density at radius 1 is 1.43 bits per heavy atom. The predicted molar refractivity (Wildman–Crippen MR) is 54.4 cm³/mol. The highest BCUT2D eigenvalue weighted by atomic mass is 16.5. The monoisotopic (exact) mass is 191 g/mol. The first-order valence-electron chi connectivity index (χ1n) is 4.65. The Kier molecular flexibility index (Phi) is 2.11. The minimum absolute atomic E-state index is 0.122. The first-order chi connectivity index (χ1) is 6.68. The fourth-order valence-electron chi connectivity index (χ4n) is 1.36. The van der Waals surface area contributed by atoms with Crippen molar-refractivity contribution in [1.82, 2.24) is 15.2 Å². The molecule has 0 aromatic carbocycles. The Labute approximate surface area is 82.3 Å². The molecule has 2 rings (SSSR count). The molecule has 0 saturated heterocycles. The van der Waals surface area contributed by atoms with Crippen molar-refractivity contribution < 1.29 is 4.74 Å². The molecule has 4 nitrogen and oxygen atoms in total. The van der Waals surface area contributed by atoms with Gasteiger partial charge in [0.2, 0.25) is 5.88 Å². The second-order valence-corrected chi connectivity index (χ2v) is 3.51. The molecule has 0 radical (unpaired) electrons. The van der Waals surface area contributed by atoms with Crippen LogP contribution >= 0.6 is 0 Å². The largest absolute Gasteiger partial charge is 0.473 e. The van der Waals surface area contributed by atoms with Crippen LogP contribution in [0.25, 0.3) is 10.9 Å². The molecule has 2 aromatic heterocycles. The molecule has 0 aliphatic rings. The molecule has 0 aliphatic carbocycles. The maximum absolute atomic E-state index is 5.56. The van der Waals surface area contributed by atoms with E-state index in [0.717, 1.165) is 16.6 Å². The van der Waals surface area contributed by atoms with E-state index >= 15 is 0 Å². The SMILES string of the molecule is Cc1n[nH]c2c(OC(C)C)nccc12. The van der Waals surface area contributed by atoms with Gasteiger partial charge >= 0.3 is 0 Å². The van der Waals surface area contributed by atoms with E-state index in [2.05, 4.69) is 15.2 Å². The standard InChI is InChI=1S/C10H13N3O/c1-6(2)14-10-9-8(4-5-11-10)7(3)12-13-9/h4-6H,1-3H3,(H,12,13). The normalized spacial score (nSPS) is 11.1. The van der Waals surface area contributed by atoms with Crippen molar-refractivity contribution in [3.63, 3.8) is 0 Å². The van der Waals surface area contributed by atoms with Crippen molar-refractivity contribution in [2.45, 2.75) is 26.9 Å². The Balaban J connectivity index is 2.54. The van der Waals surface area contributed by atoms with Crippen LogP contribution in [0.5, 0.6) is 5.88 Å². The molecule has 14 heavy (non-hydrogen) atoms. The van der Waals surface area contributed by atoms with Crippen LogP contribution < -0.4 is 4.74 Å². The van der Waals surface area contributed by atoms with Crippen LogP contribution in [-0.4, -0.2) is 21.3 Å². The van der Waals surface area contributed by atoms with Gasteiger partial charge in [0.1, 0.15) is 5.52 Å². The van der Waals surface area contributed by atoms with E-state index in [0.29, 0.717) is 5.88 Å². The minimum atomic E-state index is 0.122. The summed E-state index contributed by atoms with van der Waals surface area (Å²) in [5, 5.41) is 8.11. The quantitative estimate of drug-likeness (QED) is 0.790. The van der Waals surface area contributed by atoms with Crippen molar-refractivity contribution in [2.24, 2.45) is 0 Å². The maximum atomic E-state index is 5.56. The molecule has 1 N–H and O–H groups in total. The van der Waals surface area contributed by atoms with E-state index in [-0.39, 0.29) is 6.10 Å². The molecular weight excluding hydrogens is 178 g/mol. The Hall–Kier alpha value is -1.58. The van der Waals surface area contributed by atoms with E-state index < -0.39 is 0 Å². The summed E-state index contributed by atoms with van der Waals surface area (Å²) in [6, 6.07) is 1.93. The zero-order valence-electron chi connectivity index (χ0n) is 8.53. The molecule has 4 heteroatoms. The number of H-pyrrole nitrogens is 1. The van der Waals surface area contributed by atoms with Gasteiger partial charge in [-0.25, -0.2) is 4.98 Å². The number of fused-ring (bicyclic) bond motifs is 1. The van der Waals surface area contributed by atoms with Crippen LogP contribution in [-0.2, 0) is 0 Å². The lowest BCUT2D eigenvalue weighted by Crippen LogP contribution is -2.07. The predicted octanol–water partition coefficient (Wildman–Crippen LogP) is 2.05. The van der Waals surface area contributed by atoms with E-state index in [1.807, 2.05) is 26.8 Å². The summed E-state index contributed by atoms with van der Waals surface area (Å²) >= 11 is 0. The number of hydrogen-bond acceptors (Lipinski definition) is 3. The van der Waals surface area contributed by atoms with E-state index in [9.17, 15) is 0 Å². The van der Waals surface area contributed by atoms with Crippen LogP contribution in [0.15, 0.2) is 12.3 Å². The number of aryl methyl sites for hydroxylation is 1. The van der Waals surface area contributed by atoms with Crippen LogP contribution in [0.4, 0.5) is 0 Å². The molecule has 0 fully saturated rings. The highest BCUT2D eigenvalue weighted by Gasteiger charge is 2.09. The third kappa shape index (κ3) is 1.43. The highest BCUT2D eigenvalue weighted by Crippen LogP contribution is 2.23. The molecule has 0 atom stereocenters. The summed E-state index contributed by atoms with van der Waals surface area (Å²) in [5.74, 6) is 0.623. The van der Waals surface area contributed by atoms with Crippen molar-refractivity contribution in [3.05, 3.63) is 18.0 Å². The van der Waals surface area contributed by atoms with Gasteiger partial charge in [-0.05, 0) is 26.8 Å². The topological polar surface area (TPSA) is 50.8 Å². The average Bonchev–Trinajstić information content (AvgIpc) is 2.49. The van der Waals surface area contributed by atoms with Crippen molar-refractivity contribution in [3.8, 4) is 5.88 Å². The summed E-state index contributed by atoms with van der Waals surface area (Å²) in [4.78, 5) is 4.17. The van der Waals surface area contributed by atoms with Gasteiger partial charge in [0.15, 0.2) is 0 Å². The van der Waals surface area contributed by atoms with Crippen molar-refractivity contribution >= 4 is 10.9 Å². The van der Waals surface area contributed by atoms with E-state index in [1.165, 1.54) is 0 Å². The third-order valence-electron chi connectivity index (χ3n) is 1.99. The van der Waals surface area contributed by atoms with E-state index in [1.54, 1.807) is 6.20 Å². The number of rotatable bonds is 2. The Bertz CT molecular complexity index is 448. The number of hydrogen-bond donors (Lipinski definition) is 1. The molecule has 2 heterocycles. The van der Waals surface area contributed by atoms with Gasteiger partial charge in [0, 0.05) is 11.6 Å². The molecular formula is C10H13N3O. The Morgan fingerprint density at radius 2 is 2.21 bits per heavy atom. The second kappa shape index (κ2) is 3.29. The van der Waals surface area contributed by atoms with Gasteiger partial charge in [-0.3, -0.25) is 5.10 Å². The Morgan fingerprint density at radius 3 is 2.93 bits per heavy atom. The molecule has 0 amide bonds. The van der Waals surface area contributed by atoms with Gasteiger partial charge in [0.05, 0.1) is 11.8 Å². The number of pyridine rings is 1. The summed E-state index contributed by atoms with van der Waals surface area (Å²) < 4.78 is 5.56. The van der Waals surface area contributed by atoms with Crippen LogP contribution in [0, 0.1) is 6.92 Å². The number of ether oxygens (including phenoxy) is 1. The molecule has 0 saturated carbocycles. The fourth-order valence-corrected chi connectivity index (χ4v) is 1.36. The molecule has 2 aromatic rings. The number of aromatic amines is 1. The van der Waals surface area contributed by atoms with Crippen LogP contribution in [0.1, 0.15) is 19.5 Å². The molecule has 0 unspecified atom stereocenters. The molecule has 74 valence electrons. The lowest BCUT2D eigenvalue weighted by Gasteiger charge is -2.08.